The topological polar surface area (TPSA) is 17.1 Å². The third kappa shape index (κ3) is 4.52. The standard InChI is InChI=1S/C10H7BrClF3OS/c1-5(12)9(16)7-4-6(11)2-3-8(7)17-10(13,14)15/h2-5H,1H3. The number of Topliss-reactive ketones (excluding diaryl/α,β-unsaturated/α-hetero) is 1. The summed E-state index contributed by atoms with van der Waals surface area (Å²) in [5, 5.41) is -0.864. The van der Waals surface area contributed by atoms with Crippen molar-refractivity contribution in [3.63, 3.8) is 0 Å². The van der Waals surface area contributed by atoms with E-state index in [9.17, 15) is 18.0 Å². The Balaban J connectivity index is 3.17. The summed E-state index contributed by atoms with van der Waals surface area (Å²) >= 11 is 8.39. The van der Waals surface area contributed by atoms with Gasteiger partial charge in [0.25, 0.3) is 0 Å². The second kappa shape index (κ2) is 5.63. The summed E-state index contributed by atoms with van der Waals surface area (Å²) in [7, 11) is 0. The van der Waals surface area contributed by atoms with Crippen LogP contribution in [0.3, 0.4) is 0 Å². The van der Waals surface area contributed by atoms with E-state index < -0.39 is 16.7 Å². The zero-order valence-corrected chi connectivity index (χ0v) is 11.7. The first-order valence-electron chi connectivity index (χ1n) is 4.44. The van der Waals surface area contributed by atoms with E-state index in [0.29, 0.717) is 4.47 Å². The number of alkyl halides is 4. The Labute approximate surface area is 114 Å². The summed E-state index contributed by atoms with van der Waals surface area (Å²) in [6.07, 6.45) is 0. The molecule has 1 unspecified atom stereocenters. The largest absolute Gasteiger partial charge is 0.446 e. The molecule has 0 aliphatic carbocycles. The van der Waals surface area contributed by atoms with Crippen molar-refractivity contribution in [3.8, 4) is 0 Å². The summed E-state index contributed by atoms with van der Waals surface area (Å²) < 4.78 is 37.4. The predicted molar refractivity (Wildman–Crippen MR) is 65.7 cm³/mol. The van der Waals surface area contributed by atoms with Crippen molar-refractivity contribution in [3.05, 3.63) is 28.2 Å². The Morgan fingerprint density at radius 3 is 2.53 bits per heavy atom. The smallest absolute Gasteiger partial charge is 0.292 e. The quantitative estimate of drug-likeness (QED) is 0.441. The van der Waals surface area contributed by atoms with E-state index in [1.807, 2.05) is 0 Å². The number of hydrogen-bond acceptors (Lipinski definition) is 2. The minimum atomic E-state index is -4.43. The Morgan fingerprint density at radius 1 is 1.47 bits per heavy atom. The average Bonchev–Trinajstić information content (AvgIpc) is 2.17. The predicted octanol–water partition coefficient (Wildman–Crippen LogP) is 4.87. The number of carbonyl (C=O) groups is 1. The molecule has 0 bridgehead atoms. The van der Waals surface area contributed by atoms with Crippen LogP contribution in [0.5, 0.6) is 0 Å². The molecule has 0 saturated heterocycles. The highest BCUT2D eigenvalue weighted by atomic mass is 79.9. The molecule has 7 heteroatoms. The zero-order valence-electron chi connectivity index (χ0n) is 8.52. The molecule has 0 amide bonds. The lowest BCUT2D eigenvalue weighted by Gasteiger charge is -2.11. The van der Waals surface area contributed by atoms with Crippen molar-refractivity contribution >= 4 is 45.1 Å². The summed E-state index contributed by atoms with van der Waals surface area (Å²) in [4.78, 5) is 11.5. The third-order valence-corrected chi connectivity index (χ3v) is 3.29. The molecular weight excluding hydrogens is 341 g/mol. The van der Waals surface area contributed by atoms with Crippen LogP contribution >= 0.6 is 39.3 Å². The van der Waals surface area contributed by atoms with Gasteiger partial charge in [0, 0.05) is 14.9 Å². The molecule has 17 heavy (non-hydrogen) atoms. The molecule has 1 rings (SSSR count). The molecule has 0 radical (unpaired) electrons. The number of rotatable bonds is 3. The third-order valence-electron chi connectivity index (χ3n) is 1.79. The summed E-state index contributed by atoms with van der Waals surface area (Å²) in [6, 6.07) is 4.04. The number of benzene rings is 1. The summed E-state index contributed by atoms with van der Waals surface area (Å²) in [5.41, 5.74) is -4.46. The number of ketones is 1. The highest BCUT2D eigenvalue weighted by Gasteiger charge is 2.31. The van der Waals surface area contributed by atoms with Gasteiger partial charge in [-0.3, -0.25) is 4.79 Å². The van der Waals surface area contributed by atoms with Crippen LogP contribution in [0.1, 0.15) is 17.3 Å². The molecule has 0 spiro atoms. The molecule has 0 saturated carbocycles. The molecule has 0 aliphatic heterocycles. The molecule has 1 aromatic carbocycles. The first-order valence-corrected chi connectivity index (χ1v) is 6.49. The maximum absolute atomic E-state index is 12.3. The fraction of sp³-hybridized carbons (Fsp3) is 0.300. The summed E-state index contributed by atoms with van der Waals surface area (Å²) in [5.74, 6) is -0.528. The first kappa shape index (κ1) is 14.9. The van der Waals surface area contributed by atoms with E-state index in [4.69, 9.17) is 11.6 Å². The maximum atomic E-state index is 12.3. The lowest BCUT2D eigenvalue weighted by atomic mass is 10.1. The van der Waals surface area contributed by atoms with Crippen molar-refractivity contribution in [2.24, 2.45) is 0 Å². The number of halogens is 5. The highest BCUT2D eigenvalue weighted by Crippen LogP contribution is 2.39. The lowest BCUT2D eigenvalue weighted by Crippen LogP contribution is -2.13. The van der Waals surface area contributed by atoms with Gasteiger partial charge < -0.3 is 0 Å². The van der Waals surface area contributed by atoms with Crippen LogP contribution in [0.25, 0.3) is 0 Å². The second-order valence-electron chi connectivity index (χ2n) is 3.17. The number of thioether (sulfide) groups is 1. The molecule has 1 atom stereocenters. The van der Waals surface area contributed by atoms with E-state index in [2.05, 4.69) is 15.9 Å². The van der Waals surface area contributed by atoms with Gasteiger partial charge >= 0.3 is 5.51 Å². The van der Waals surface area contributed by atoms with Crippen LogP contribution in [0.4, 0.5) is 13.2 Å². The second-order valence-corrected chi connectivity index (χ2v) is 5.85. The van der Waals surface area contributed by atoms with E-state index in [-0.39, 0.29) is 22.2 Å². The van der Waals surface area contributed by atoms with Crippen LogP contribution in [-0.2, 0) is 0 Å². The molecule has 1 nitrogen and oxygen atoms in total. The van der Waals surface area contributed by atoms with Crippen LogP contribution < -0.4 is 0 Å². The van der Waals surface area contributed by atoms with Crippen LogP contribution in [0.15, 0.2) is 27.6 Å². The molecule has 0 aliphatic rings. The SMILES string of the molecule is CC(Cl)C(=O)c1cc(Br)ccc1SC(F)(F)F. The van der Waals surface area contributed by atoms with Gasteiger partial charge in [-0.05, 0) is 36.9 Å². The molecular formula is C10H7BrClF3OS. The summed E-state index contributed by atoms with van der Waals surface area (Å²) in [6.45, 7) is 1.42. The molecule has 1 aromatic rings. The van der Waals surface area contributed by atoms with Gasteiger partial charge in [-0.1, -0.05) is 15.9 Å². The van der Waals surface area contributed by atoms with E-state index in [1.54, 1.807) is 0 Å². The monoisotopic (exact) mass is 346 g/mol. The van der Waals surface area contributed by atoms with Crippen molar-refractivity contribution in [2.75, 3.05) is 0 Å². The zero-order chi connectivity index (χ0) is 13.2. The van der Waals surface area contributed by atoms with Crippen molar-refractivity contribution in [1.82, 2.24) is 0 Å². The Kier molecular flexibility index (Phi) is 4.92. The average molecular weight is 348 g/mol. The van der Waals surface area contributed by atoms with Crippen LogP contribution in [0, 0.1) is 0 Å². The van der Waals surface area contributed by atoms with Gasteiger partial charge in [0.15, 0.2) is 5.78 Å². The van der Waals surface area contributed by atoms with Gasteiger partial charge in [-0.25, -0.2) is 0 Å². The van der Waals surface area contributed by atoms with E-state index in [1.165, 1.54) is 25.1 Å². The molecule has 0 N–H and O–H groups in total. The maximum Gasteiger partial charge on any atom is 0.446 e. The lowest BCUT2D eigenvalue weighted by molar-refractivity contribution is -0.0328. The van der Waals surface area contributed by atoms with Crippen molar-refractivity contribution in [1.29, 1.82) is 0 Å². The fourth-order valence-electron chi connectivity index (χ4n) is 1.12. The van der Waals surface area contributed by atoms with Crippen molar-refractivity contribution in [2.45, 2.75) is 22.7 Å². The normalized spacial score (nSPS) is 13.5. The Morgan fingerprint density at radius 2 is 2.06 bits per heavy atom. The first-order chi connectivity index (χ1) is 7.70. The Hall–Kier alpha value is -0.200. The Bertz CT molecular complexity index is 434. The minimum absolute atomic E-state index is 0.0239. The molecule has 0 heterocycles. The van der Waals surface area contributed by atoms with Gasteiger partial charge in [-0.15, -0.1) is 11.6 Å². The number of hydrogen-bond donors (Lipinski definition) is 0. The van der Waals surface area contributed by atoms with Gasteiger partial charge in [0.2, 0.25) is 0 Å². The number of carbonyl (C=O) groups excluding carboxylic acids is 1. The highest BCUT2D eigenvalue weighted by molar-refractivity contribution is 9.10. The van der Waals surface area contributed by atoms with Gasteiger partial charge in [0.1, 0.15) is 0 Å². The van der Waals surface area contributed by atoms with Gasteiger partial charge in [-0.2, -0.15) is 13.2 Å². The van der Waals surface area contributed by atoms with Crippen LogP contribution in [-0.4, -0.2) is 16.7 Å². The molecule has 0 aromatic heterocycles. The molecule has 0 fully saturated rings. The minimum Gasteiger partial charge on any atom is -0.292 e. The fourth-order valence-corrected chi connectivity index (χ4v) is 2.26. The van der Waals surface area contributed by atoms with Crippen LogP contribution in [0.2, 0.25) is 0 Å². The van der Waals surface area contributed by atoms with Gasteiger partial charge in [0.05, 0.1) is 5.38 Å². The molecule has 94 valence electrons. The van der Waals surface area contributed by atoms with E-state index in [0.717, 1.165) is 0 Å². The van der Waals surface area contributed by atoms with Crippen molar-refractivity contribution < 1.29 is 18.0 Å². The van der Waals surface area contributed by atoms with E-state index >= 15 is 0 Å².